The van der Waals surface area contributed by atoms with Crippen molar-refractivity contribution in [1.29, 1.82) is 0 Å². The summed E-state index contributed by atoms with van der Waals surface area (Å²) in [6.45, 7) is 7.37. The Kier molecular flexibility index (Phi) is 1.31. The van der Waals surface area contributed by atoms with E-state index in [2.05, 4.69) is 19.2 Å². The van der Waals surface area contributed by atoms with Crippen molar-refractivity contribution in [3.8, 4) is 0 Å². The number of nitrogens with one attached hydrogen (secondary N) is 1. The molecule has 1 nitrogen and oxygen atoms in total. The lowest BCUT2D eigenvalue weighted by atomic mass is 9.54. The maximum absolute atomic E-state index is 3.48. The predicted molar refractivity (Wildman–Crippen MR) is 42.9 cm³/mol. The molecule has 2 rings (SSSR count). The molecule has 0 bridgehead atoms. The van der Waals surface area contributed by atoms with Crippen LogP contribution in [0.15, 0.2) is 0 Å². The summed E-state index contributed by atoms with van der Waals surface area (Å²) in [5.41, 5.74) is 0.722. The zero-order chi connectivity index (χ0) is 7.19. The summed E-state index contributed by atoms with van der Waals surface area (Å²) in [7, 11) is 0. The van der Waals surface area contributed by atoms with E-state index in [1.165, 1.54) is 25.9 Å². The van der Waals surface area contributed by atoms with Crippen LogP contribution in [-0.2, 0) is 0 Å². The summed E-state index contributed by atoms with van der Waals surface area (Å²) >= 11 is 0. The molecule has 0 aromatic rings. The molecule has 2 unspecified atom stereocenters. The van der Waals surface area contributed by atoms with E-state index in [0.29, 0.717) is 0 Å². The molecule has 2 aliphatic rings. The molecule has 1 heterocycles. The van der Waals surface area contributed by atoms with Gasteiger partial charge in [0.05, 0.1) is 0 Å². The molecule has 2 fully saturated rings. The molecule has 1 aliphatic heterocycles. The highest BCUT2D eigenvalue weighted by atomic mass is 14.9. The molecule has 1 saturated heterocycles. The van der Waals surface area contributed by atoms with E-state index < -0.39 is 0 Å². The van der Waals surface area contributed by atoms with Gasteiger partial charge in [0.2, 0.25) is 0 Å². The highest BCUT2D eigenvalue weighted by molar-refractivity contribution is 5.02. The Morgan fingerprint density at radius 3 is 2.30 bits per heavy atom. The van der Waals surface area contributed by atoms with Crippen LogP contribution in [0, 0.1) is 17.3 Å². The monoisotopic (exact) mass is 139 g/mol. The van der Waals surface area contributed by atoms with Gasteiger partial charge in [-0.3, -0.25) is 0 Å². The van der Waals surface area contributed by atoms with Crippen LogP contribution in [0.5, 0.6) is 0 Å². The van der Waals surface area contributed by atoms with Crippen molar-refractivity contribution in [2.75, 3.05) is 13.1 Å². The average molecular weight is 139 g/mol. The predicted octanol–water partition coefficient (Wildman–Crippen LogP) is 1.64. The summed E-state index contributed by atoms with van der Waals surface area (Å²) in [5.74, 6) is 1.97. The summed E-state index contributed by atoms with van der Waals surface area (Å²) in [6.07, 6.45) is 2.89. The van der Waals surface area contributed by atoms with Gasteiger partial charge < -0.3 is 5.32 Å². The molecule has 0 radical (unpaired) electrons. The van der Waals surface area contributed by atoms with Gasteiger partial charge in [0.25, 0.3) is 0 Å². The topological polar surface area (TPSA) is 12.0 Å². The maximum atomic E-state index is 3.48. The average Bonchev–Trinajstić information content (AvgIpc) is 2.37. The Bertz CT molecular complexity index is 126. The van der Waals surface area contributed by atoms with Crippen LogP contribution in [0.2, 0.25) is 0 Å². The lowest BCUT2D eigenvalue weighted by molar-refractivity contribution is -0.0121. The maximum Gasteiger partial charge on any atom is 0.00134 e. The molecule has 10 heavy (non-hydrogen) atoms. The van der Waals surface area contributed by atoms with Gasteiger partial charge in [0.15, 0.2) is 0 Å². The van der Waals surface area contributed by atoms with Crippen LogP contribution >= 0.6 is 0 Å². The molecule has 2 atom stereocenters. The lowest BCUT2D eigenvalue weighted by Gasteiger charge is -2.51. The van der Waals surface area contributed by atoms with Crippen LogP contribution in [0.4, 0.5) is 0 Å². The highest BCUT2D eigenvalue weighted by Crippen LogP contribution is 2.54. The molecule has 1 N–H and O–H groups in total. The summed E-state index contributed by atoms with van der Waals surface area (Å²) in [4.78, 5) is 0. The van der Waals surface area contributed by atoms with E-state index in [1.807, 2.05) is 0 Å². The summed E-state index contributed by atoms with van der Waals surface area (Å²) in [5, 5.41) is 3.48. The first kappa shape index (κ1) is 6.66. The smallest absolute Gasteiger partial charge is 0.00134 e. The SMILES string of the molecule is CC1CC(C)C12CCNC2. The van der Waals surface area contributed by atoms with E-state index in [4.69, 9.17) is 0 Å². The Hall–Kier alpha value is -0.0400. The first-order chi connectivity index (χ1) is 4.76. The molecule has 0 aromatic carbocycles. The third kappa shape index (κ3) is 0.619. The fourth-order valence-electron chi connectivity index (χ4n) is 2.90. The van der Waals surface area contributed by atoms with E-state index in [0.717, 1.165) is 17.3 Å². The van der Waals surface area contributed by atoms with Crippen LogP contribution in [0.1, 0.15) is 26.7 Å². The van der Waals surface area contributed by atoms with Gasteiger partial charge in [-0.25, -0.2) is 0 Å². The normalized spacial score (nSPS) is 53.4. The van der Waals surface area contributed by atoms with Crippen molar-refractivity contribution >= 4 is 0 Å². The number of rotatable bonds is 0. The van der Waals surface area contributed by atoms with Crippen LogP contribution < -0.4 is 5.32 Å². The summed E-state index contributed by atoms with van der Waals surface area (Å²) in [6, 6.07) is 0. The molecular weight excluding hydrogens is 122 g/mol. The van der Waals surface area contributed by atoms with Crippen LogP contribution in [0.25, 0.3) is 0 Å². The van der Waals surface area contributed by atoms with Crippen molar-refractivity contribution in [2.24, 2.45) is 17.3 Å². The van der Waals surface area contributed by atoms with E-state index in [1.54, 1.807) is 0 Å². The van der Waals surface area contributed by atoms with Crippen molar-refractivity contribution in [2.45, 2.75) is 26.7 Å². The van der Waals surface area contributed by atoms with Gasteiger partial charge in [-0.05, 0) is 36.6 Å². The number of hydrogen-bond acceptors (Lipinski definition) is 1. The third-order valence-corrected chi connectivity index (χ3v) is 3.89. The van der Waals surface area contributed by atoms with Crippen molar-refractivity contribution in [3.63, 3.8) is 0 Å². The molecule has 0 aromatic heterocycles. The fraction of sp³-hybridized carbons (Fsp3) is 1.00. The van der Waals surface area contributed by atoms with Gasteiger partial charge in [-0.15, -0.1) is 0 Å². The Balaban J connectivity index is 2.12. The van der Waals surface area contributed by atoms with Gasteiger partial charge in [-0.2, -0.15) is 0 Å². The second kappa shape index (κ2) is 1.97. The van der Waals surface area contributed by atoms with Crippen LogP contribution in [0.3, 0.4) is 0 Å². The van der Waals surface area contributed by atoms with E-state index >= 15 is 0 Å². The lowest BCUT2D eigenvalue weighted by Crippen LogP contribution is -2.47. The Morgan fingerprint density at radius 2 is 2.00 bits per heavy atom. The number of hydrogen-bond donors (Lipinski definition) is 1. The second-order valence-corrected chi connectivity index (χ2v) is 4.20. The largest absolute Gasteiger partial charge is 0.316 e. The molecule has 1 spiro atoms. The third-order valence-electron chi connectivity index (χ3n) is 3.89. The van der Waals surface area contributed by atoms with Crippen molar-refractivity contribution in [3.05, 3.63) is 0 Å². The van der Waals surface area contributed by atoms with Crippen LogP contribution in [-0.4, -0.2) is 13.1 Å². The molecule has 1 saturated carbocycles. The minimum atomic E-state index is 0.722. The zero-order valence-electron chi connectivity index (χ0n) is 6.98. The zero-order valence-corrected chi connectivity index (χ0v) is 6.98. The molecule has 1 heteroatoms. The second-order valence-electron chi connectivity index (χ2n) is 4.20. The van der Waals surface area contributed by atoms with Gasteiger partial charge in [0, 0.05) is 6.54 Å². The Morgan fingerprint density at radius 1 is 1.30 bits per heavy atom. The highest BCUT2D eigenvalue weighted by Gasteiger charge is 2.51. The minimum Gasteiger partial charge on any atom is -0.316 e. The quantitative estimate of drug-likeness (QED) is 0.538. The molecule has 58 valence electrons. The first-order valence-corrected chi connectivity index (χ1v) is 4.46. The summed E-state index contributed by atoms with van der Waals surface area (Å²) < 4.78 is 0. The standard InChI is InChI=1S/C9H17N/c1-7-5-8(2)9(7)3-4-10-6-9/h7-8,10H,3-6H2,1-2H3. The van der Waals surface area contributed by atoms with Crippen molar-refractivity contribution < 1.29 is 0 Å². The van der Waals surface area contributed by atoms with Gasteiger partial charge >= 0.3 is 0 Å². The van der Waals surface area contributed by atoms with E-state index in [9.17, 15) is 0 Å². The fourth-order valence-corrected chi connectivity index (χ4v) is 2.90. The Labute approximate surface area is 63.2 Å². The first-order valence-electron chi connectivity index (χ1n) is 4.46. The van der Waals surface area contributed by atoms with Gasteiger partial charge in [0.1, 0.15) is 0 Å². The molecule has 1 aliphatic carbocycles. The van der Waals surface area contributed by atoms with Gasteiger partial charge in [-0.1, -0.05) is 13.8 Å². The molecule has 0 amide bonds. The van der Waals surface area contributed by atoms with Crippen molar-refractivity contribution in [1.82, 2.24) is 5.32 Å². The minimum absolute atomic E-state index is 0.722. The van der Waals surface area contributed by atoms with E-state index in [-0.39, 0.29) is 0 Å². The molecular formula is C9H17N.